The molecule has 0 saturated heterocycles. The van der Waals surface area contributed by atoms with Crippen molar-refractivity contribution in [3.63, 3.8) is 0 Å². The van der Waals surface area contributed by atoms with Gasteiger partial charge in [-0.25, -0.2) is 0 Å². The van der Waals surface area contributed by atoms with Crippen molar-refractivity contribution in [2.75, 3.05) is 11.9 Å². The first-order valence-corrected chi connectivity index (χ1v) is 6.44. The smallest absolute Gasteiger partial charge is 0.152 e. The topological polar surface area (TPSA) is 29.1 Å². The Kier molecular flexibility index (Phi) is 6.37. The van der Waals surface area contributed by atoms with E-state index in [-0.39, 0.29) is 0 Å². The molecule has 0 aromatic heterocycles. The van der Waals surface area contributed by atoms with Gasteiger partial charge in [-0.15, -0.1) is 0 Å². The van der Waals surface area contributed by atoms with Crippen molar-refractivity contribution in [2.24, 2.45) is 0 Å². The summed E-state index contributed by atoms with van der Waals surface area (Å²) in [5, 5.41) is 3.28. The largest absolute Gasteiger partial charge is 0.384 e. The molecule has 2 heteroatoms. The van der Waals surface area contributed by atoms with Gasteiger partial charge in [0.2, 0.25) is 0 Å². The van der Waals surface area contributed by atoms with Gasteiger partial charge >= 0.3 is 0 Å². The van der Waals surface area contributed by atoms with E-state index < -0.39 is 0 Å². The van der Waals surface area contributed by atoms with Crippen LogP contribution in [-0.2, 0) is 0 Å². The van der Waals surface area contributed by atoms with E-state index in [2.05, 4.69) is 11.9 Å². The fourth-order valence-corrected chi connectivity index (χ4v) is 1.67. The molecule has 0 aliphatic heterocycles. The minimum Gasteiger partial charge on any atom is -0.384 e. The van der Waals surface area contributed by atoms with Crippen molar-refractivity contribution in [3.05, 3.63) is 65.8 Å². The molecule has 0 radical (unpaired) electrons. The number of carbonyl (C=O) groups excluding carboxylic acids is 1. The number of hydrogen-bond acceptors (Lipinski definition) is 2. The number of benzene rings is 1. The molecule has 0 amide bonds. The van der Waals surface area contributed by atoms with Crippen LogP contribution in [0.25, 0.3) is 0 Å². The fraction of sp³-hybridized carbons (Fsp3) is 0.235. The molecule has 0 bridgehead atoms. The van der Waals surface area contributed by atoms with Crippen LogP contribution in [0.4, 0.5) is 5.69 Å². The molecule has 0 spiro atoms. The molecule has 0 heterocycles. The molecule has 19 heavy (non-hydrogen) atoms. The second kappa shape index (κ2) is 8.09. The highest BCUT2D eigenvalue weighted by molar-refractivity contribution is 5.84. The van der Waals surface area contributed by atoms with Gasteiger partial charge in [0.25, 0.3) is 0 Å². The molecular formula is C17H21NO. The van der Waals surface area contributed by atoms with E-state index in [9.17, 15) is 4.79 Å². The number of nitrogens with one attached hydrogen (secondary N) is 1. The number of hydrogen-bond donors (Lipinski definition) is 1. The molecule has 2 nitrogen and oxygen atoms in total. The van der Waals surface area contributed by atoms with Gasteiger partial charge in [-0.2, -0.15) is 0 Å². The summed E-state index contributed by atoms with van der Waals surface area (Å²) >= 11 is 0. The van der Waals surface area contributed by atoms with Crippen LogP contribution in [0.15, 0.2) is 54.7 Å². The average Bonchev–Trinajstić information content (AvgIpc) is 2.39. The number of aldehydes is 1. The summed E-state index contributed by atoms with van der Waals surface area (Å²) in [6, 6.07) is 5.77. The number of carbonyl (C=O) groups is 1. The lowest BCUT2D eigenvalue weighted by Gasteiger charge is -2.09. The lowest BCUT2D eigenvalue weighted by molar-refractivity contribution is 0.112. The highest BCUT2D eigenvalue weighted by Crippen LogP contribution is 2.16. The SMILES string of the molecule is C=C(/C=C\C=C/C)CCNc1cc(C)ccc1C=O. The van der Waals surface area contributed by atoms with Gasteiger partial charge in [-0.1, -0.05) is 42.5 Å². The van der Waals surface area contributed by atoms with Crippen molar-refractivity contribution in [2.45, 2.75) is 20.3 Å². The molecule has 1 rings (SSSR count). The summed E-state index contributed by atoms with van der Waals surface area (Å²) in [7, 11) is 0. The van der Waals surface area contributed by atoms with Crippen LogP contribution in [-0.4, -0.2) is 12.8 Å². The predicted octanol–water partition coefficient (Wildman–Crippen LogP) is 4.30. The average molecular weight is 255 g/mol. The van der Waals surface area contributed by atoms with E-state index in [0.717, 1.165) is 36.1 Å². The monoisotopic (exact) mass is 255 g/mol. The highest BCUT2D eigenvalue weighted by atomic mass is 16.1. The molecule has 1 aromatic carbocycles. The second-order valence-electron chi connectivity index (χ2n) is 4.43. The minimum absolute atomic E-state index is 0.695. The van der Waals surface area contributed by atoms with Crippen molar-refractivity contribution in [1.29, 1.82) is 0 Å². The molecule has 1 aromatic rings. The lowest BCUT2D eigenvalue weighted by atomic mass is 10.1. The molecule has 0 fully saturated rings. The lowest BCUT2D eigenvalue weighted by Crippen LogP contribution is -2.04. The fourth-order valence-electron chi connectivity index (χ4n) is 1.67. The Hall–Kier alpha value is -2.09. The van der Waals surface area contributed by atoms with Crippen molar-refractivity contribution >= 4 is 12.0 Å². The molecule has 0 atom stereocenters. The van der Waals surface area contributed by atoms with Crippen molar-refractivity contribution < 1.29 is 4.79 Å². The number of aryl methyl sites for hydroxylation is 1. The number of rotatable bonds is 7. The summed E-state index contributed by atoms with van der Waals surface area (Å²) in [6.45, 7) is 8.75. The van der Waals surface area contributed by atoms with Crippen LogP contribution in [0.3, 0.4) is 0 Å². The molecule has 1 N–H and O–H groups in total. The number of allylic oxidation sites excluding steroid dienone is 4. The predicted molar refractivity (Wildman–Crippen MR) is 82.8 cm³/mol. The van der Waals surface area contributed by atoms with E-state index in [1.807, 2.05) is 56.4 Å². The number of anilines is 1. The standard InChI is InChI=1S/C17H21NO/c1-4-5-6-7-14(2)10-11-18-17-12-15(3)8-9-16(17)13-19/h4-9,12-13,18H,2,10-11H2,1,3H3/b5-4-,7-6-. The second-order valence-corrected chi connectivity index (χ2v) is 4.43. The first kappa shape index (κ1) is 15.0. The van der Waals surface area contributed by atoms with Gasteiger partial charge in [-0.05, 0) is 38.0 Å². The normalized spacial score (nSPS) is 11.1. The zero-order valence-corrected chi connectivity index (χ0v) is 11.6. The maximum absolute atomic E-state index is 10.9. The van der Waals surface area contributed by atoms with Crippen LogP contribution < -0.4 is 5.32 Å². The first-order chi connectivity index (χ1) is 9.17. The third kappa shape index (κ3) is 5.38. The van der Waals surface area contributed by atoms with Gasteiger partial charge in [0.05, 0.1) is 0 Å². The van der Waals surface area contributed by atoms with E-state index in [1.165, 1.54) is 0 Å². The molecule has 0 unspecified atom stereocenters. The quantitative estimate of drug-likeness (QED) is 0.581. The maximum Gasteiger partial charge on any atom is 0.152 e. The Balaban J connectivity index is 2.51. The zero-order chi connectivity index (χ0) is 14.1. The van der Waals surface area contributed by atoms with Gasteiger partial charge in [-0.3, -0.25) is 4.79 Å². The molecule has 0 aliphatic rings. The van der Waals surface area contributed by atoms with E-state index in [4.69, 9.17) is 0 Å². The Morgan fingerprint density at radius 1 is 1.37 bits per heavy atom. The van der Waals surface area contributed by atoms with Crippen molar-refractivity contribution in [1.82, 2.24) is 0 Å². The van der Waals surface area contributed by atoms with Gasteiger partial charge in [0, 0.05) is 17.8 Å². The zero-order valence-electron chi connectivity index (χ0n) is 11.6. The van der Waals surface area contributed by atoms with E-state index in [0.29, 0.717) is 5.56 Å². The Morgan fingerprint density at radius 2 is 2.16 bits per heavy atom. The summed E-state index contributed by atoms with van der Waals surface area (Å²) in [4.78, 5) is 10.9. The van der Waals surface area contributed by atoms with Crippen LogP contribution >= 0.6 is 0 Å². The van der Waals surface area contributed by atoms with E-state index >= 15 is 0 Å². The van der Waals surface area contributed by atoms with Crippen LogP contribution in [0.1, 0.15) is 29.3 Å². The van der Waals surface area contributed by atoms with Gasteiger partial charge in [0.15, 0.2) is 6.29 Å². The van der Waals surface area contributed by atoms with Crippen LogP contribution in [0.2, 0.25) is 0 Å². The third-order valence-electron chi connectivity index (χ3n) is 2.73. The van der Waals surface area contributed by atoms with Gasteiger partial charge in [0.1, 0.15) is 0 Å². The summed E-state index contributed by atoms with van der Waals surface area (Å²) in [5.74, 6) is 0. The Bertz CT molecular complexity index is 498. The van der Waals surface area contributed by atoms with E-state index in [1.54, 1.807) is 0 Å². The molecule has 0 aliphatic carbocycles. The minimum atomic E-state index is 0.695. The molecule has 0 saturated carbocycles. The van der Waals surface area contributed by atoms with Crippen LogP contribution in [0, 0.1) is 6.92 Å². The third-order valence-corrected chi connectivity index (χ3v) is 2.73. The van der Waals surface area contributed by atoms with Crippen molar-refractivity contribution in [3.8, 4) is 0 Å². The maximum atomic E-state index is 10.9. The highest BCUT2D eigenvalue weighted by Gasteiger charge is 2.01. The Morgan fingerprint density at radius 3 is 2.84 bits per heavy atom. The summed E-state index contributed by atoms with van der Waals surface area (Å²) < 4.78 is 0. The summed E-state index contributed by atoms with van der Waals surface area (Å²) in [6.07, 6.45) is 9.65. The molecule has 100 valence electrons. The van der Waals surface area contributed by atoms with Gasteiger partial charge < -0.3 is 5.32 Å². The van der Waals surface area contributed by atoms with Crippen LogP contribution in [0.5, 0.6) is 0 Å². The molecular weight excluding hydrogens is 234 g/mol. The first-order valence-electron chi connectivity index (χ1n) is 6.44. The summed E-state index contributed by atoms with van der Waals surface area (Å²) in [5.41, 5.74) is 3.78. The Labute approximate surface area is 115 Å².